The van der Waals surface area contributed by atoms with Crippen LogP contribution in [0.1, 0.15) is 23.2 Å². The quantitative estimate of drug-likeness (QED) is 0.384. The lowest BCUT2D eigenvalue weighted by Crippen LogP contribution is -2.14. The molecule has 3 aromatic heterocycles. The maximum atomic E-state index is 13.0. The van der Waals surface area contributed by atoms with Gasteiger partial charge in [0.1, 0.15) is 17.1 Å². The Kier molecular flexibility index (Phi) is 5.02. The predicted molar refractivity (Wildman–Crippen MR) is 123 cm³/mol. The summed E-state index contributed by atoms with van der Waals surface area (Å²) in [6, 6.07) is 14.8. The van der Waals surface area contributed by atoms with Crippen LogP contribution in [0.15, 0.2) is 52.9 Å². The standard InChI is InChI=1S/C23H20N4O4S/c1-4-30-15-8-6-10-18-20(15)25-23(32-18)27-19(11-13(2)26-27)24-22(28)17-12-14-7-5-9-16(29-3)21(14)31-17/h5-12H,4H2,1-3H3,(H,24,28). The molecule has 2 aromatic carbocycles. The Hall–Kier alpha value is -3.85. The van der Waals surface area contributed by atoms with E-state index in [9.17, 15) is 4.79 Å². The number of fused-ring (bicyclic) bond motifs is 2. The summed E-state index contributed by atoms with van der Waals surface area (Å²) in [5.41, 5.74) is 2.04. The average molecular weight is 449 g/mol. The first-order valence-corrected chi connectivity index (χ1v) is 10.9. The van der Waals surface area contributed by atoms with Gasteiger partial charge in [0, 0.05) is 11.5 Å². The number of aromatic nitrogens is 3. The second kappa shape index (κ2) is 8.01. The summed E-state index contributed by atoms with van der Waals surface area (Å²) in [6.45, 7) is 4.35. The van der Waals surface area contributed by atoms with Gasteiger partial charge in [-0.05, 0) is 38.1 Å². The summed E-state index contributed by atoms with van der Waals surface area (Å²) < 4.78 is 19.4. The zero-order chi connectivity index (χ0) is 22.2. The fraction of sp³-hybridized carbons (Fsp3) is 0.174. The third-order valence-electron chi connectivity index (χ3n) is 4.88. The number of carbonyl (C=O) groups is 1. The molecule has 3 heterocycles. The number of aryl methyl sites for hydroxylation is 1. The number of amides is 1. The predicted octanol–water partition coefficient (Wildman–Crippen LogP) is 5.20. The fourth-order valence-electron chi connectivity index (χ4n) is 3.50. The van der Waals surface area contributed by atoms with Crippen molar-refractivity contribution in [2.45, 2.75) is 13.8 Å². The Bertz CT molecular complexity index is 1450. The van der Waals surface area contributed by atoms with E-state index >= 15 is 0 Å². The number of furan rings is 1. The molecule has 0 unspecified atom stereocenters. The first-order chi connectivity index (χ1) is 15.6. The maximum Gasteiger partial charge on any atom is 0.292 e. The van der Waals surface area contributed by atoms with Crippen molar-refractivity contribution >= 4 is 44.2 Å². The third kappa shape index (κ3) is 3.46. The van der Waals surface area contributed by atoms with Gasteiger partial charge in [0.2, 0.25) is 5.13 Å². The van der Waals surface area contributed by atoms with Crippen molar-refractivity contribution < 1.29 is 18.7 Å². The molecule has 8 nitrogen and oxygen atoms in total. The van der Waals surface area contributed by atoms with Gasteiger partial charge in [0.25, 0.3) is 5.91 Å². The van der Waals surface area contributed by atoms with Crippen molar-refractivity contribution in [1.29, 1.82) is 0 Å². The molecule has 0 radical (unpaired) electrons. The van der Waals surface area contributed by atoms with Crippen LogP contribution in [0, 0.1) is 6.92 Å². The van der Waals surface area contributed by atoms with Gasteiger partial charge in [0.15, 0.2) is 17.1 Å². The van der Waals surface area contributed by atoms with Crippen molar-refractivity contribution in [2.24, 2.45) is 0 Å². The lowest BCUT2D eigenvalue weighted by Gasteiger charge is -2.05. The van der Waals surface area contributed by atoms with Gasteiger partial charge >= 0.3 is 0 Å². The van der Waals surface area contributed by atoms with Gasteiger partial charge in [0.05, 0.1) is 24.1 Å². The number of nitrogens with zero attached hydrogens (tertiary/aromatic N) is 3. The number of rotatable bonds is 6. The van der Waals surface area contributed by atoms with Crippen LogP contribution in [0.5, 0.6) is 11.5 Å². The summed E-state index contributed by atoms with van der Waals surface area (Å²) in [4.78, 5) is 17.7. The minimum Gasteiger partial charge on any atom is -0.493 e. The number of nitrogens with one attached hydrogen (secondary N) is 1. The molecule has 162 valence electrons. The third-order valence-corrected chi connectivity index (χ3v) is 5.87. The average Bonchev–Trinajstić information content (AvgIpc) is 3.50. The number of hydrogen-bond donors (Lipinski definition) is 1. The van der Waals surface area contributed by atoms with Crippen LogP contribution in [0.3, 0.4) is 0 Å². The highest BCUT2D eigenvalue weighted by molar-refractivity contribution is 7.20. The van der Waals surface area contributed by atoms with E-state index in [0.717, 1.165) is 27.0 Å². The minimum atomic E-state index is -0.388. The highest BCUT2D eigenvalue weighted by Gasteiger charge is 2.19. The molecule has 0 spiro atoms. The molecule has 1 amide bonds. The smallest absolute Gasteiger partial charge is 0.292 e. The number of benzene rings is 2. The molecule has 9 heteroatoms. The van der Waals surface area contributed by atoms with Crippen LogP contribution in [0.4, 0.5) is 5.82 Å². The van der Waals surface area contributed by atoms with Crippen LogP contribution < -0.4 is 14.8 Å². The van der Waals surface area contributed by atoms with E-state index in [2.05, 4.69) is 10.4 Å². The highest BCUT2D eigenvalue weighted by Crippen LogP contribution is 2.33. The highest BCUT2D eigenvalue weighted by atomic mass is 32.1. The van der Waals surface area contributed by atoms with Crippen LogP contribution in [-0.4, -0.2) is 34.4 Å². The number of thiazole rings is 1. The summed E-state index contributed by atoms with van der Waals surface area (Å²) in [6.07, 6.45) is 0. The Morgan fingerprint density at radius 2 is 2.00 bits per heavy atom. The van der Waals surface area contributed by atoms with Crippen LogP contribution in [0.25, 0.3) is 26.3 Å². The largest absolute Gasteiger partial charge is 0.493 e. The van der Waals surface area contributed by atoms with E-state index in [1.54, 1.807) is 30.0 Å². The van der Waals surface area contributed by atoms with E-state index in [1.807, 2.05) is 44.2 Å². The molecule has 32 heavy (non-hydrogen) atoms. The van der Waals surface area contributed by atoms with Gasteiger partial charge in [-0.2, -0.15) is 9.78 Å². The molecule has 0 fully saturated rings. The number of anilines is 1. The molecule has 0 saturated carbocycles. The van der Waals surface area contributed by atoms with Gasteiger partial charge < -0.3 is 19.2 Å². The van der Waals surface area contributed by atoms with Gasteiger partial charge in [-0.3, -0.25) is 4.79 Å². The number of para-hydroxylation sites is 2. The van der Waals surface area contributed by atoms with Crippen molar-refractivity contribution in [1.82, 2.24) is 14.8 Å². The van der Waals surface area contributed by atoms with E-state index in [-0.39, 0.29) is 11.7 Å². The SMILES string of the molecule is CCOc1cccc2sc(-n3nc(C)cc3NC(=O)c3cc4cccc(OC)c4o3)nc12. The molecule has 0 saturated heterocycles. The lowest BCUT2D eigenvalue weighted by molar-refractivity contribution is 0.0998. The fourth-order valence-corrected chi connectivity index (χ4v) is 4.44. The van der Waals surface area contributed by atoms with Crippen molar-refractivity contribution in [2.75, 3.05) is 19.0 Å². The van der Waals surface area contributed by atoms with Crippen LogP contribution in [0.2, 0.25) is 0 Å². The molecular formula is C23H20N4O4S. The second-order valence-electron chi connectivity index (χ2n) is 7.06. The van der Waals surface area contributed by atoms with Crippen molar-refractivity contribution in [3.05, 3.63) is 60.0 Å². The molecule has 5 aromatic rings. The minimum absolute atomic E-state index is 0.179. The summed E-state index contributed by atoms with van der Waals surface area (Å²) in [7, 11) is 1.56. The molecule has 0 aliphatic rings. The van der Waals surface area contributed by atoms with Crippen LogP contribution in [-0.2, 0) is 0 Å². The number of ether oxygens (including phenoxy) is 2. The summed E-state index contributed by atoms with van der Waals surface area (Å²) in [5, 5.41) is 8.83. The molecule has 1 N–H and O–H groups in total. The molecule has 0 aliphatic heterocycles. The molecule has 0 bridgehead atoms. The van der Waals surface area contributed by atoms with E-state index < -0.39 is 0 Å². The topological polar surface area (TPSA) is 91.4 Å². The number of methoxy groups -OCH3 is 1. The number of hydrogen-bond acceptors (Lipinski definition) is 7. The molecule has 0 aliphatic carbocycles. The molecular weight excluding hydrogens is 428 g/mol. The zero-order valence-corrected chi connectivity index (χ0v) is 18.5. The normalized spacial score (nSPS) is 11.2. The van der Waals surface area contributed by atoms with Crippen LogP contribution >= 0.6 is 11.3 Å². The van der Waals surface area contributed by atoms with Crippen molar-refractivity contribution in [3.8, 4) is 16.6 Å². The van der Waals surface area contributed by atoms with Gasteiger partial charge in [-0.1, -0.05) is 29.5 Å². The molecule has 0 atom stereocenters. The first kappa shape index (κ1) is 20.1. The lowest BCUT2D eigenvalue weighted by atomic mass is 10.2. The monoisotopic (exact) mass is 448 g/mol. The van der Waals surface area contributed by atoms with Gasteiger partial charge in [-0.15, -0.1) is 0 Å². The zero-order valence-electron chi connectivity index (χ0n) is 17.7. The summed E-state index contributed by atoms with van der Waals surface area (Å²) >= 11 is 1.47. The van der Waals surface area contributed by atoms with E-state index in [4.69, 9.17) is 18.9 Å². The van der Waals surface area contributed by atoms with E-state index in [0.29, 0.717) is 28.9 Å². The van der Waals surface area contributed by atoms with Crippen molar-refractivity contribution in [3.63, 3.8) is 0 Å². The molecule has 5 rings (SSSR count). The van der Waals surface area contributed by atoms with Gasteiger partial charge in [-0.25, -0.2) is 4.98 Å². The Balaban J connectivity index is 1.50. The Labute approximate surface area is 187 Å². The summed E-state index contributed by atoms with van der Waals surface area (Å²) in [5.74, 6) is 1.58. The maximum absolute atomic E-state index is 13.0. The first-order valence-electron chi connectivity index (χ1n) is 10.0. The second-order valence-corrected chi connectivity index (χ2v) is 8.07. The Morgan fingerprint density at radius 1 is 1.19 bits per heavy atom. The van der Waals surface area contributed by atoms with E-state index in [1.165, 1.54) is 11.3 Å². The Morgan fingerprint density at radius 3 is 2.81 bits per heavy atom. The number of carbonyl (C=O) groups excluding carboxylic acids is 1.